The van der Waals surface area contributed by atoms with Gasteiger partial charge >= 0.3 is 0 Å². The van der Waals surface area contributed by atoms with Gasteiger partial charge < -0.3 is 24.6 Å². The number of aromatic nitrogens is 1. The maximum Gasteiger partial charge on any atom is 0.231 e. The molecule has 6 heteroatoms. The van der Waals surface area contributed by atoms with Crippen molar-refractivity contribution in [2.45, 2.75) is 32.1 Å². The smallest absolute Gasteiger partial charge is 0.231 e. The van der Waals surface area contributed by atoms with E-state index in [0.29, 0.717) is 11.7 Å². The van der Waals surface area contributed by atoms with Crippen LogP contribution in [0.3, 0.4) is 0 Å². The second kappa shape index (κ2) is 8.99. The van der Waals surface area contributed by atoms with Crippen molar-refractivity contribution < 1.29 is 19.3 Å². The molecule has 0 atom stereocenters. The van der Waals surface area contributed by atoms with Crippen molar-refractivity contribution in [1.82, 2.24) is 4.98 Å². The Hall–Kier alpha value is -3.41. The molecule has 1 fully saturated rings. The van der Waals surface area contributed by atoms with Crippen molar-refractivity contribution in [3.8, 4) is 45.4 Å². The number of ether oxygens (including phenoxy) is 3. The second-order valence-corrected chi connectivity index (χ2v) is 8.44. The van der Waals surface area contributed by atoms with E-state index in [1.165, 1.54) is 32.1 Å². The quantitative estimate of drug-likeness (QED) is 0.509. The predicted octanol–water partition coefficient (Wildman–Crippen LogP) is 5.85. The Labute approximate surface area is 188 Å². The maximum atomic E-state index is 10.0. The van der Waals surface area contributed by atoms with Crippen LogP contribution in [0.4, 0.5) is 5.82 Å². The Kier molecular flexibility index (Phi) is 5.75. The summed E-state index contributed by atoms with van der Waals surface area (Å²) in [6.45, 7) is 1.15. The summed E-state index contributed by atoms with van der Waals surface area (Å²) in [5.74, 6) is 3.55. The number of benzene rings is 2. The summed E-state index contributed by atoms with van der Waals surface area (Å²) in [6, 6.07) is 15.3. The van der Waals surface area contributed by atoms with E-state index in [1.807, 2.05) is 30.3 Å². The Morgan fingerprint density at radius 3 is 2.75 bits per heavy atom. The van der Waals surface area contributed by atoms with Crippen LogP contribution >= 0.6 is 0 Å². The third-order valence-electron chi connectivity index (χ3n) is 6.31. The number of aromatic hydroxyl groups is 1. The van der Waals surface area contributed by atoms with E-state index in [2.05, 4.69) is 11.4 Å². The fourth-order valence-electron chi connectivity index (χ4n) is 4.56. The fourth-order valence-corrected chi connectivity index (χ4v) is 4.56. The third kappa shape index (κ3) is 4.17. The van der Waals surface area contributed by atoms with Crippen molar-refractivity contribution in [3.63, 3.8) is 0 Å². The van der Waals surface area contributed by atoms with Crippen LogP contribution in [0, 0.1) is 5.92 Å². The average Bonchev–Trinajstić information content (AvgIpc) is 3.33. The van der Waals surface area contributed by atoms with E-state index < -0.39 is 0 Å². The summed E-state index contributed by atoms with van der Waals surface area (Å²) in [6.07, 6.45) is 6.51. The second-order valence-electron chi connectivity index (χ2n) is 8.44. The number of para-hydroxylation sites is 1. The first kappa shape index (κ1) is 20.5. The summed E-state index contributed by atoms with van der Waals surface area (Å²) < 4.78 is 16.6. The molecule has 0 saturated heterocycles. The Morgan fingerprint density at radius 2 is 1.91 bits per heavy atom. The molecule has 0 spiro atoms. The van der Waals surface area contributed by atoms with Gasteiger partial charge in [0.2, 0.25) is 6.79 Å². The zero-order chi connectivity index (χ0) is 21.9. The van der Waals surface area contributed by atoms with Gasteiger partial charge in [-0.15, -0.1) is 0 Å². The number of phenolic OH excluding ortho intramolecular Hbond substituents is 1. The molecule has 166 valence electrons. The van der Waals surface area contributed by atoms with Crippen LogP contribution in [-0.2, 0) is 0 Å². The number of nitrogens with zero attached hydrogens (tertiary/aromatic N) is 1. The van der Waals surface area contributed by atoms with Crippen LogP contribution in [0.1, 0.15) is 32.1 Å². The van der Waals surface area contributed by atoms with E-state index >= 15 is 0 Å². The molecule has 1 aromatic heterocycles. The topological polar surface area (TPSA) is 72.8 Å². The monoisotopic (exact) mass is 432 g/mol. The molecule has 32 heavy (non-hydrogen) atoms. The molecule has 0 unspecified atom stereocenters. The van der Waals surface area contributed by atoms with Gasteiger partial charge in [0.05, 0.1) is 12.8 Å². The summed E-state index contributed by atoms with van der Waals surface area (Å²) >= 11 is 0. The lowest BCUT2D eigenvalue weighted by Crippen LogP contribution is -2.17. The highest BCUT2D eigenvalue weighted by atomic mass is 16.7. The molecular weight excluding hydrogens is 404 g/mol. The molecule has 2 heterocycles. The first-order chi connectivity index (χ1) is 15.7. The highest BCUT2D eigenvalue weighted by molar-refractivity contribution is 5.80. The third-order valence-corrected chi connectivity index (χ3v) is 6.31. The average molecular weight is 433 g/mol. The zero-order valence-corrected chi connectivity index (χ0v) is 18.3. The number of anilines is 1. The number of methoxy groups -OCH3 is 1. The van der Waals surface area contributed by atoms with Gasteiger partial charge in [0.25, 0.3) is 0 Å². The van der Waals surface area contributed by atoms with Gasteiger partial charge in [-0.3, -0.25) is 0 Å². The van der Waals surface area contributed by atoms with Gasteiger partial charge in [-0.25, -0.2) is 4.98 Å². The lowest BCUT2D eigenvalue weighted by molar-refractivity contribution is 0.174. The molecule has 0 amide bonds. The summed E-state index contributed by atoms with van der Waals surface area (Å²) in [5.41, 5.74) is 3.63. The number of phenols is 1. The van der Waals surface area contributed by atoms with E-state index in [9.17, 15) is 5.11 Å². The molecule has 6 nitrogen and oxygen atoms in total. The molecule has 0 bridgehead atoms. The van der Waals surface area contributed by atoms with Crippen molar-refractivity contribution in [3.05, 3.63) is 48.5 Å². The fraction of sp³-hybridized carbons (Fsp3) is 0.346. The van der Waals surface area contributed by atoms with Crippen molar-refractivity contribution in [2.75, 3.05) is 25.8 Å². The zero-order valence-electron chi connectivity index (χ0n) is 18.3. The molecular formula is C26H28N2O4. The highest BCUT2D eigenvalue weighted by Gasteiger charge is 2.20. The van der Waals surface area contributed by atoms with Gasteiger partial charge in [0.1, 0.15) is 5.82 Å². The minimum absolute atomic E-state index is 0.106. The van der Waals surface area contributed by atoms with Crippen LogP contribution in [0.15, 0.2) is 48.5 Å². The van der Waals surface area contributed by atoms with Crippen LogP contribution in [0.2, 0.25) is 0 Å². The lowest BCUT2D eigenvalue weighted by atomic mass is 9.89. The molecule has 3 aromatic rings. The van der Waals surface area contributed by atoms with E-state index in [0.717, 1.165) is 46.2 Å². The van der Waals surface area contributed by atoms with Crippen LogP contribution < -0.4 is 19.5 Å². The number of pyridine rings is 1. The molecule has 1 aliphatic heterocycles. The van der Waals surface area contributed by atoms with E-state index in [1.54, 1.807) is 19.2 Å². The SMILES string of the molecule is COc1cc(-c2cc(-c3cccc4c3OCO4)cc(NCC3CCCCC3)n2)ccc1O. The highest BCUT2D eigenvalue weighted by Crippen LogP contribution is 2.42. The first-order valence-electron chi connectivity index (χ1n) is 11.2. The number of hydrogen-bond donors (Lipinski definition) is 2. The van der Waals surface area contributed by atoms with Gasteiger partial charge in [-0.1, -0.05) is 31.4 Å². The van der Waals surface area contributed by atoms with E-state index in [-0.39, 0.29) is 12.5 Å². The predicted molar refractivity (Wildman–Crippen MR) is 125 cm³/mol. The molecule has 5 rings (SSSR count). The maximum absolute atomic E-state index is 10.0. The molecule has 2 aromatic carbocycles. The number of nitrogens with one attached hydrogen (secondary N) is 1. The molecule has 0 radical (unpaired) electrons. The Morgan fingerprint density at radius 1 is 1.03 bits per heavy atom. The summed E-state index contributed by atoms with van der Waals surface area (Å²) in [4.78, 5) is 4.89. The normalized spacial score (nSPS) is 15.5. The Bertz CT molecular complexity index is 1110. The summed E-state index contributed by atoms with van der Waals surface area (Å²) in [7, 11) is 1.55. The molecule has 1 aliphatic carbocycles. The van der Waals surface area contributed by atoms with Crippen molar-refractivity contribution >= 4 is 5.82 Å². The standard InChI is InChI=1S/C26H28N2O4/c1-30-24-13-18(10-11-22(24)29)21-12-19(20-8-5-9-23-26(20)32-16-31-23)14-25(28-21)27-15-17-6-3-2-4-7-17/h5,8-14,17,29H,2-4,6-7,15-16H2,1H3,(H,27,28). The largest absolute Gasteiger partial charge is 0.504 e. The number of hydrogen-bond acceptors (Lipinski definition) is 6. The van der Waals surface area contributed by atoms with Gasteiger partial charge in [0.15, 0.2) is 23.0 Å². The van der Waals surface area contributed by atoms with Crippen LogP contribution in [0.25, 0.3) is 22.4 Å². The number of rotatable bonds is 6. The molecule has 1 saturated carbocycles. The van der Waals surface area contributed by atoms with Crippen LogP contribution in [0.5, 0.6) is 23.0 Å². The number of fused-ring (bicyclic) bond motifs is 1. The van der Waals surface area contributed by atoms with Crippen molar-refractivity contribution in [1.29, 1.82) is 0 Å². The Balaban J connectivity index is 1.54. The minimum atomic E-state index is 0.106. The molecule has 2 N–H and O–H groups in total. The molecule has 2 aliphatic rings. The van der Waals surface area contributed by atoms with Crippen molar-refractivity contribution in [2.24, 2.45) is 5.92 Å². The minimum Gasteiger partial charge on any atom is -0.504 e. The van der Waals surface area contributed by atoms with Crippen LogP contribution in [-0.4, -0.2) is 30.5 Å². The van der Waals surface area contributed by atoms with Gasteiger partial charge in [-0.2, -0.15) is 0 Å². The van der Waals surface area contributed by atoms with Gasteiger partial charge in [-0.05, 0) is 60.7 Å². The van der Waals surface area contributed by atoms with E-state index in [4.69, 9.17) is 19.2 Å². The lowest BCUT2D eigenvalue weighted by Gasteiger charge is -2.22. The van der Waals surface area contributed by atoms with Gasteiger partial charge in [0, 0.05) is 17.7 Å². The summed E-state index contributed by atoms with van der Waals surface area (Å²) in [5, 5.41) is 13.6. The first-order valence-corrected chi connectivity index (χ1v) is 11.2.